The standard InChI is InChI=1S/C11H14O2S/c1-13-10-6-5-9(4-3-7-12)8-11(10)14-2/h5-8H,3-4H2,1-2H3. The summed E-state index contributed by atoms with van der Waals surface area (Å²) in [6.45, 7) is 0. The number of thioether (sulfide) groups is 1. The molecule has 0 spiro atoms. The first-order valence-corrected chi connectivity index (χ1v) is 5.69. The number of benzene rings is 1. The Balaban J connectivity index is 2.83. The van der Waals surface area contributed by atoms with Gasteiger partial charge in [0.1, 0.15) is 12.0 Å². The van der Waals surface area contributed by atoms with Crippen molar-refractivity contribution in [2.24, 2.45) is 0 Å². The van der Waals surface area contributed by atoms with Gasteiger partial charge in [-0.15, -0.1) is 11.8 Å². The van der Waals surface area contributed by atoms with Gasteiger partial charge in [0, 0.05) is 11.3 Å². The lowest BCUT2D eigenvalue weighted by atomic mass is 10.1. The highest BCUT2D eigenvalue weighted by molar-refractivity contribution is 7.98. The van der Waals surface area contributed by atoms with Crippen LogP contribution in [-0.4, -0.2) is 19.7 Å². The number of hydrogen-bond acceptors (Lipinski definition) is 3. The van der Waals surface area contributed by atoms with Crippen LogP contribution in [0.15, 0.2) is 23.1 Å². The molecule has 0 amide bonds. The predicted octanol–water partition coefficient (Wildman–Crippen LogP) is 2.55. The van der Waals surface area contributed by atoms with Crippen LogP contribution in [0.1, 0.15) is 12.0 Å². The van der Waals surface area contributed by atoms with E-state index in [-0.39, 0.29) is 0 Å². The minimum Gasteiger partial charge on any atom is -0.496 e. The van der Waals surface area contributed by atoms with E-state index in [1.165, 1.54) is 5.56 Å². The SMILES string of the molecule is COc1ccc(CCC=O)cc1SC. The van der Waals surface area contributed by atoms with Gasteiger partial charge in [-0.3, -0.25) is 0 Å². The first kappa shape index (κ1) is 11.1. The molecule has 0 fully saturated rings. The topological polar surface area (TPSA) is 26.3 Å². The van der Waals surface area contributed by atoms with E-state index in [1.807, 2.05) is 18.4 Å². The van der Waals surface area contributed by atoms with Crippen molar-refractivity contribution in [2.75, 3.05) is 13.4 Å². The molecule has 0 aliphatic rings. The Kier molecular flexibility index (Phi) is 4.53. The Morgan fingerprint density at radius 3 is 2.86 bits per heavy atom. The third-order valence-electron chi connectivity index (χ3n) is 2.00. The molecule has 0 aliphatic carbocycles. The second-order valence-electron chi connectivity index (χ2n) is 2.89. The first-order chi connectivity index (χ1) is 6.81. The molecule has 0 saturated carbocycles. The Morgan fingerprint density at radius 1 is 1.50 bits per heavy atom. The third-order valence-corrected chi connectivity index (χ3v) is 2.76. The number of methoxy groups -OCH3 is 1. The maximum atomic E-state index is 10.2. The minimum absolute atomic E-state index is 0.583. The average Bonchev–Trinajstić information content (AvgIpc) is 2.25. The van der Waals surface area contributed by atoms with Crippen LogP contribution < -0.4 is 4.74 Å². The van der Waals surface area contributed by atoms with E-state index in [4.69, 9.17) is 4.74 Å². The van der Waals surface area contributed by atoms with Gasteiger partial charge in [0.25, 0.3) is 0 Å². The highest BCUT2D eigenvalue weighted by atomic mass is 32.2. The molecule has 1 aromatic rings. The molecule has 0 N–H and O–H groups in total. The Morgan fingerprint density at radius 2 is 2.29 bits per heavy atom. The van der Waals surface area contributed by atoms with Gasteiger partial charge < -0.3 is 9.53 Å². The molecule has 1 rings (SSSR count). The second-order valence-corrected chi connectivity index (χ2v) is 3.74. The van der Waals surface area contributed by atoms with Crippen molar-refractivity contribution in [3.05, 3.63) is 23.8 Å². The summed E-state index contributed by atoms with van der Waals surface area (Å²) in [7, 11) is 1.67. The molecule has 0 heterocycles. The van der Waals surface area contributed by atoms with Crippen molar-refractivity contribution in [3.63, 3.8) is 0 Å². The second kappa shape index (κ2) is 5.70. The first-order valence-electron chi connectivity index (χ1n) is 4.46. The zero-order valence-corrected chi connectivity index (χ0v) is 9.26. The number of aryl methyl sites for hydroxylation is 1. The Labute approximate surface area is 88.7 Å². The summed E-state index contributed by atoms with van der Waals surface area (Å²) in [5, 5.41) is 0. The van der Waals surface area contributed by atoms with Crippen molar-refractivity contribution in [3.8, 4) is 5.75 Å². The smallest absolute Gasteiger partial charge is 0.132 e. The van der Waals surface area contributed by atoms with Crippen molar-refractivity contribution in [1.82, 2.24) is 0 Å². The van der Waals surface area contributed by atoms with Gasteiger partial charge in [-0.25, -0.2) is 0 Å². The largest absolute Gasteiger partial charge is 0.496 e. The van der Waals surface area contributed by atoms with Gasteiger partial charge in [0.2, 0.25) is 0 Å². The highest BCUT2D eigenvalue weighted by Gasteiger charge is 2.02. The number of carbonyl (C=O) groups excluding carboxylic acids is 1. The lowest BCUT2D eigenvalue weighted by Crippen LogP contribution is -1.90. The maximum absolute atomic E-state index is 10.2. The molecule has 76 valence electrons. The molecular formula is C11H14O2S. The molecule has 0 radical (unpaired) electrons. The number of aldehydes is 1. The van der Waals surface area contributed by atoms with E-state index in [1.54, 1.807) is 18.9 Å². The van der Waals surface area contributed by atoms with Crippen LogP contribution in [-0.2, 0) is 11.2 Å². The summed E-state index contributed by atoms with van der Waals surface area (Å²) in [6, 6.07) is 6.03. The van der Waals surface area contributed by atoms with E-state index < -0.39 is 0 Å². The van der Waals surface area contributed by atoms with E-state index in [9.17, 15) is 4.79 Å². The molecule has 0 aromatic heterocycles. The van der Waals surface area contributed by atoms with Crippen LogP contribution in [0.25, 0.3) is 0 Å². The number of carbonyl (C=O) groups is 1. The summed E-state index contributed by atoms with van der Waals surface area (Å²) in [5.41, 5.74) is 1.18. The lowest BCUT2D eigenvalue weighted by Gasteiger charge is -2.07. The zero-order chi connectivity index (χ0) is 10.4. The normalized spacial score (nSPS) is 9.86. The number of hydrogen-bond donors (Lipinski definition) is 0. The predicted molar refractivity (Wildman–Crippen MR) is 59.2 cm³/mol. The minimum atomic E-state index is 0.583. The Hall–Kier alpha value is -0.960. The van der Waals surface area contributed by atoms with Gasteiger partial charge in [-0.2, -0.15) is 0 Å². The van der Waals surface area contributed by atoms with Crippen molar-refractivity contribution in [1.29, 1.82) is 0 Å². The molecule has 2 nitrogen and oxygen atoms in total. The molecule has 3 heteroatoms. The fourth-order valence-electron chi connectivity index (χ4n) is 1.26. The number of ether oxygens (including phenoxy) is 1. The molecule has 0 atom stereocenters. The van der Waals surface area contributed by atoms with E-state index >= 15 is 0 Å². The summed E-state index contributed by atoms with van der Waals surface area (Å²) >= 11 is 1.65. The zero-order valence-electron chi connectivity index (χ0n) is 8.45. The molecule has 0 aliphatic heterocycles. The highest BCUT2D eigenvalue weighted by Crippen LogP contribution is 2.28. The summed E-state index contributed by atoms with van der Waals surface area (Å²) in [4.78, 5) is 11.3. The van der Waals surface area contributed by atoms with Crippen LogP contribution in [0, 0.1) is 0 Å². The molecular weight excluding hydrogens is 196 g/mol. The summed E-state index contributed by atoms with van der Waals surface area (Å²) in [5.74, 6) is 0.896. The molecule has 0 saturated heterocycles. The fourth-order valence-corrected chi connectivity index (χ4v) is 1.88. The summed E-state index contributed by atoms with van der Waals surface area (Å²) in [6.07, 6.45) is 4.35. The molecule has 1 aromatic carbocycles. The van der Waals surface area contributed by atoms with E-state index in [0.29, 0.717) is 6.42 Å². The summed E-state index contributed by atoms with van der Waals surface area (Å²) < 4.78 is 5.21. The monoisotopic (exact) mass is 210 g/mol. The van der Waals surface area contributed by atoms with Gasteiger partial charge in [0.05, 0.1) is 7.11 Å². The molecule has 0 unspecified atom stereocenters. The Bertz CT molecular complexity index is 310. The third kappa shape index (κ3) is 2.77. The van der Waals surface area contributed by atoms with Crippen molar-refractivity contribution >= 4 is 18.0 Å². The van der Waals surface area contributed by atoms with Crippen LogP contribution in [0.4, 0.5) is 0 Å². The van der Waals surface area contributed by atoms with Gasteiger partial charge in [-0.1, -0.05) is 6.07 Å². The van der Waals surface area contributed by atoms with Crippen molar-refractivity contribution < 1.29 is 9.53 Å². The van der Waals surface area contributed by atoms with Gasteiger partial charge in [0.15, 0.2) is 0 Å². The van der Waals surface area contributed by atoms with Crippen LogP contribution in [0.2, 0.25) is 0 Å². The quantitative estimate of drug-likeness (QED) is 0.552. The molecule has 0 bridgehead atoms. The maximum Gasteiger partial charge on any atom is 0.132 e. The van der Waals surface area contributed by atoms with Gasteiger partial charge in [-0.05, 0) is 30.4 Å². The van der Waals surface area contributed by atoms with E-state index in [0.717, 1.165) is 23.4 Å². The fraction of sp³-hybridized carbons (Fsp3) is 0.364. The van der Waals surface area contributed by atoms with Gasteiger partial charge >= 0.3 is 0 Å². The van der Waals surface area contributed by atoms with Crippen molar-refractivity contribution in [2.45, 2.75) is 17.7 Å². The van der Waals surface area contributed by atoms with Crippen LogP contribution >= 0.6 is 11.8 Å². The van der Waals surface area contributed by atoms with E-state index in [2.05, 4.69) is 6.07 Å². The van der Waals surface area contributed by atoms with Crippen LogP contribution in [0.3, 0.4) is 0 Å². The molecule has 14 heavy (non-hydrogen) atoms. The lowest BCUT2D eigenvalue weighted by molar-refractivity contribution is -0.107. The number of rotatable bonds is 5. The van der Waals surface area contributed by atoms with Crippen LogP contribution in [0.5, 0.6) is 5.75 Å². The average molecular weight is 210 g/mol.